The van der Waals surface area contributed by atoms with E-state index >= 15 is 0 Å². The van der Waals surface area contributed by atoms with Crippen molar-refractivity contribution in [1.82, 2.24) is 9.62 Å². The number of nitrogens with one attached hydrogen (secondary N) is 1. The number of nitrogens with zero attached hydrogens (tertiary/aromatic N) is 2. The molecule has 3 aliphatic heterocycles. The van der Waals surface area contributed by atoms with Crippen molar-refractivity contribution in [3.8, 4) is 0 Å². The molecule has 1 aromatic carbocycles. The number of rotatable bonds is 7. The van der Waals surface area contributed by atoms with Gasteiger partial charge in [-0.3, -0.25) is 9.59 Å². The first-order valence-electron chi connectivity index (χ1n) is 11.3. The van der Waals surface area contributed by atoms with Crippen molar-refractivity contribution in [3.63, 3.8) is 0 Å². The van der Waals surface area contributed by atoms with E-state index in [4.69, 9.17) is 4.74 Å². The van der Waals surface area contributed by atoms with Gasteiger partial charge < -0.3 is 14.5 Å². The van der Waals surface area contributed by atoms with Crippen LogP contribution in [0.3, 0.4) is 0 Å². The van der Waals surface area contributed by atoms with E-state index in [1.807, 2.05) is 4.90 Å². The fourth-order valence-corrected chi connectivity index (χ4v) is 5.66. The maximum absolute atomic E-state index is 12.7. The monoisotopic (exact) mass is 449 g/mol. The zero-order chi connectivity index (χ0) is 21.8. The van der Waals surface area contributed by atoms with Crippen LogP contribution in [0, 0.1) is 0 Å². The Bertz CT molecular complexity index is 921. The number of carbonyl (C=O) groups is 2. The van der Waals surface area contributed by atoms with Crippen LogP contribution in [-0.2, 0) is 30.8 Å². The predicted molar refractivity (Wildman–Crippen MR) is 116 cm³/mol. The van der Waals surface area contributed by atoms with Gasteiger partial charge in [0.15, 0.2) is 0 Å². The van der Waals surface area contributed by atoms with Crippen LogP contribution in [0.15, 0.2) is 23.1 Å². The second-order valence-electron chi connectivity index (χ2n) is 8.51. The smallest absolute Gasteiger partial charge is 0.240 e. The molecule has 2 amide bonds. The Labute approximate surface area is 184 Å². The predicted octanol–water partition coefficient (Wildman–Crippen LogP) is 1.83. The summed E-state index contributed by atoms with van der Waals surface area (Å²) >= 11 is 0. The molecule has 1 unspecified atom stereocenters. The molecule has 1 aromatic rings. The fourth-order valence-electron chi connectivity index (χ4n) is 4.55. The van der Waals surface area contributed by atoms with Crippen LogP contribution in [0.1, 0.15) is 50.5 Å². The topological polar surface area (TPSA) is 96.0 Å². The first-order chi connectivity index (χ1) is 14.9. The van der Waals surface area contributed by atoms with Crippen molar-refractivity contribution in [3.05, 3.63) is 23.8 Å². The number of amides is 2. The van der Waals surface area contributed by atoms with Gasteiger partial charge in [-0.25, -0.2) is 13.1 Å². The lowest BCUT2D eigenvalue weighted by molar-refractivity contribution is -0.133. The van der Waals surface area contributed by atoms with Crippen molar-refractivity contribution in [2.24, 2.45) is 0 Å². The molecule has 0 spiro atoms. The van der Waals surface area contributed by atoms with Crippen LogP contribution in [0.25, 0.3) is 0 Å². The van der Waals surface area contributed by atoms with E-state index in [9.17, 15) is 18.0 Å². The van der Waals surface area contributed by atoms with Gasteiger partial charge in [-0.2, -0.15) is 0 Å². The molecule has 9 heteroatoms. The van der Waals surface area contributed by atoms with E-state index in [1.54, 1.807) is 23.1 Å². The molecule has 0 radical (unpaired) electrons. The summed E-state index contributed by atoms with van der Waals surface area (Å²) in [5.74, 6) is -0.0394. The Morgan fingerprint density at radius 3 is 2.55 bits per heavy atom. The molecule has 2 fully saturated rings. The number of piperidine rings is 1. The minimum atomic E-state index is -3.62. The van der Waals surface area contributed by atoms with E-state index in [0.29, 0.717) is 19.6 Å². The van der Waals surface area contributed by atoms with Gasteiger partial charge in [0.25, 0.3) is 0 Å². The molecule has 31 heavy (non-hydrogen) atoms. The standard InChI is InChI=1S/C22H31N3O5S/c26-21(24-11-2-1-3-12-24)8-9-22(27)25-13-10-17-15-19(6-7-20(17)25)31(28,29)23-16-18-5-4-14-30-18/h6-7,15,18,23H,1-5,8-14,16H2. The third-order valence-electron chi connectivity index (χ3n) is 6.34. The van der Waals surface area contributed by atoms with Gasteiger partial charge in [0.1, 0.15) is 0 Å². The van der Waals surface area contributed by atoms with Crippen molar-refractivity contribution < 1.29 is 22.7 Å². The summed E-state index contributed by atoms with van der Waals surface area (Å²) in [6.07, 6.45) is 6.00. The molecule has 1 atom stereocenters. The Hall–Kier alpha value is -1.97. The second kappa shape index (κ2) is 9.67. The number of hydrogen-bond acceptors (Lipinski definition) is 5. The van der Waals surface area contributed by atoms with E-state index in [1.165, 1.54) is 0 Å². The number of carbonyl (C=O) groups excluding carboxylic acids is 2. The van der Waals surface area contributed by atoms with Crippen molar-refractivity contribution in [2.75, 3.05) is 37.7 Å². The number of likely N-dealkylation sites (tertiary alicyclic amines) is 1. The summed E-state index contributed by atoms with van der Waals surface area (Å²) in [4.78, 5) is 28.8. The molecule has 0 aliphatic carbocycles. The summed E-state index contributed by atoms with van der Waals surface area (Å²) < 4.78 is 33.4. The first-order valence-corrected chi connectivity index (χ1v) is 12.7. The molecule has 0 bridgehead atoms. The fraction of sp³-hybridized carbons (Fsp3) is 0.636. The third-order valence-corrected chi connectivity index (χ3v) is 7.77. The van der Waals surface area contributed by atoms with Crippen LogP contribution in [0.4, 0.5) is 5.69 Å². The third kappa shape index (κ3) is 5.27. The molecule has 170 valence electrons. The lowest BCUT2D eigenvalue weighted by Gasteiger charge is -2.27. The van der Waals surface area contributed by atoms with Gasteiger partial charge in [0.2, 0.25) is 21.8 Å². The molecule has 3 heterocycles. The number of anilines is 1. The average molecular weight is 450 g/mol. The van der Waals surface area contributed by atoms with Crippen LogP contribution < -0.4 is 9.62 Å². The lowest BCUT2D eigenvalue weighted by Crippen LogP contribution is -2.37. The Morgan fingerprint density at radius 2 is 1.81 bits per heavy atom. The summed E-state index contributed by atoms with van der Waals surface area (Å²) in [6, 6.07) is 4.90. The van der Waals surface area contributed by atoms with E-state index in [-0.39, 0.29) is 42.2 Å². The Balaban J connectivity index is 1.35. The van der Waals surface area contributed by atoms with Crippen LogP contribution >= 0.6 is 0 Å². The highest BCUT2D eigenvalue weighted by molar-refractivity contribution is 7.89. The van der Waals surface area contributed by atoms with Crippen molar-refractivity contribution >= 4 is 27.5 Å². The Morgan fingerprint density at radius 1 is 1.03 bits per heavy atom. The van der Waals surface area contributed by atoms with Gasteiger partial charge in [-0.05, 0) is 62.3 Å². The quantitative estimate of drug-likeness (QED) is 0.685. The normalized spacial score (nSPS) is 21.4. The molecule has 2 saturated heterocycles. The Kier molecular flexibility index (Phi) is 6.93. The summed E-state index contributed by atoms with van der Waals surface area (Å²) in [7, 11) is -3.62. The largest absolute Gasteiger partial charge is 0.377 e. The highest BCUT2D eigenvalue weighted by Gasteiger charge is 2.28. The lowest BCUT2D eigenvalue weighted by atomic mass is 10.1. The second-order valence-corrected chi connectivity index (χ2v) is 10.3. The average Bonchev–Trinajstić information content (AvgIpc) is 3.46. The first kappa shape index (κ1) is 22.2. The number of ether oxygens (including phenoxy) is 1. The highest BCUT2D eigenvalue weighted by atomic mass is 32.2. The maximum atomic E-state index is 12.7. The number of benzene rings is 1. The molecule has 0 aromatic heterocycles. The van der Waals surface area contributed by atoms with Crippen LogP contribution in [0.5, 0.6) is 0 Å². The van der Waals surface area contributed by atoms with Crippen molar-refractivity contribution in [2.45, 2.75) is 62.4 Å². The van der Waals surface area contributed by atoms with E-state index in [2.05, 4.69) is 4.72 Å². The minimum Gasteiger partial charge on any atom is -0.377 e. The van der Waals surface area contributed by atoms with Crippen LogP contribution in [0.2, 0.25) is 0 Å². The van der Waals surface area contributed by atoms with Gasteiger partial charge >= 0.3 is 0 Å². The molecular weight excluding hydrogens is 418 g/mol. The zero-order valence-electron chi connectivity index (χ0n) is 17.8. The van der Waals surface area contributed by atoms with Crippen molar-refractivity contribution in [1.29, 1.82) is 0 Å². The van der Waals surface area contributed by atoms with E-state index < -0.39 is 10.0 Å². The molecule has 3 aliphatic rings. The minimum absolute atomic E-state index is 0.0474. The SMILES string of the molecule is O=C(CCC(=O)N1CCc2cc(S(=O)(=O)NCC3CCCO3)ccc21)N1CCCCC1. The molecular formula is C22H31N3O5S. The van der Waals surface area contributed by atoms with Gasteiger partial charge in [-0.1, -0.05) is 0 Å². The maximum Gasteiger partial charge on any atom is 0.240 e. The zero-order valence-corrected chi connectivity index (χ0v) is 18.7. The number of hydrogen-bond donors (Lipinski definition) is 1. The van der Waals surface area contributed by atoms with Crippen LogP contribution in [-0.4, -0.2) is 64.0 Å². The molecule has 0 saturated carbocycles. The number of fused-ring (bicyclic) bond motifs is 1. The van der Waals surface area contributed by atoms with E-state index in [0.717, 1.165) is 56.4 Å². The summed E-state index contributed by atoms with van der Waals surface area (Å²) in [5.41, 5.74) is 1.59. The molecule has 8 nitrogen and oxygen atoms in total. The van der Waals surface area contributed by atoms with Gasteiger partial charge in [0, 0.05) is 51.3 Å². The van der Waals surface area contributed by atoms with Gasteiger partial charge in [0.05, 0.1) is 11.0 Å². The van der Waals surface area contributed by atoms with Gasteiger partial charge in [-0.15, -0.1) is 0 Å². The molecule has 1 N–H and O–H groups in total. The highest BCUT2D eigenvalue weighted by Crippen LogP contribution is 2.31. The molecule has 4 rings (SSSR count). The summed E-state index contributed by atoms with van der Waals surface area (Å²) in [5, 5.41) is 0. The summed E-state index contributed by atoms with van der Waals surface area (Å²) in [6.45, 7) is 3.04. The number of sulfonamides is 1.